The molecule has 226 valence electrons. The Morgan fingerprint density at radius 3 is 2.16 bits per heavy atom. The van der Waals surface area contributed by atoms with Crippen LogP contribution in [-0.2, 0) is 33.2 Å². The largest absolute Gasteiger partial charge is 0.480 e. The summed E-state index contributed by atoms with van der Waals surface area (Å²) in [7, 11) is -3.75. The first-order chi connectivity index (χ1) is 20.9. The van der Waals surface area contributed by atoms with Crippen molar-refractivity contribution in [3.05, 3.63) is 132 Å². The average molecular weight is 610 g/mol. The number of fused-ring (bicyclic) bond motifs is 1. The normalized spacial score (nSPS) is 12.5. The average Bonchev–Trinajstić information content (AvgIpc) is 3.38. The van der Waals surface area contributed by atoms with Gasteiger partial charge in [-0.1, -0.05) is 75.4 Å². The summed E-state index contributed by atoms with van der Waals surface area (Å²) in [6.45, 7) is 6.77. The molecule has 0 aliphatic carbocycles. The number of hydrogen-bond acceptors (Lipinski definition) is 4. The molecule has 1 amide bonds. The molecule has 3 N–H and O–H groups in total. The zero-order valence-corrected chi connectivity index (χ0v) is 25.6. The van der Waals surface area contributed by atoms with Gasteiger partial charge in [-0.3, -0.25) is 9.52 Å². The van der Waals surface area contributed by atoms with Crippen LogP contribution in [0.1, 0.15) is 47.8 Å². The molecule has 44 heavy (non-hydrogen) atoms. The highest BCUT2D eigenvalue weighted by molar-refractivity contribution is 7.92. The molecule has 0 aliphatic heterocycles. The van der Waals surface area contributed by atoms with E-state index in [4.69, 9.17) is 0 Å². The quantitative estimate of drug-likeness (QED) is 0.174. The highest BCUT2D eigenvalue weighted by Gasteiger charge is 2.21. The summed E-state index contributed by atoms with van der Waals surface area (Å²) >= 11 is 0. The molecule has 4 aromatic carbocycles. The van der Waals surface area contributed by atoms with Gasteiger partial charge in [0.1, 0.15) is 6.04 Å². The Hall–Kier alpha value is -4.89. The van der Waals surface area contributed by atoms with Crippen LogP contribution in [0.2, 0.25) is 0 Å². The van der Waals surface area contributed by atoms with E-state index < -0.39 is 27.9 Å². The van der Waals surface area contributed by atoms with Crippen LogP contribution in [0.25, 0.3) is 10.9 Å². The van der Waals surface area contributed by atoms with Gasteiger partial charge in [0.05, 0.1) is 4.90 Å². The topological polar surface area (TPSA) is 118 Å². The first-order valence-corrected chi connectivity index (χ1v) is 15.8. The molecule has 1 aromatic heterocycles. The van der Waals surface area contributed by atoms with Crippen LogP contribution in [-0.4, -0.2) is 36.0 Å². The summed E-state index contributed by atoms with van der Waals surface area (Å²) in [5.74, 6) is -1.55. The van der Waals surface area contributed by atoms with E-state index in [2.05, 4.69) is 30.8 Å². The van der Waals surface area contributed by atoms with E-state index in [1.807, 2.05) is 77.5 Å². The minimum Gasteiger partial charge on any atom is -0.480 e. The highest BCUT2D eigenvalue weighted by Crippen LogP contribution is 2.26. The third-order valence-electron chi connectivity index (χ3n) is 7.51. The summed E-state index contributed by atoms with van der Waals surface area (Å²) < 4.78 is 30.8. The van der Waals surface area contributed by atoms with E-state index in [-0.39, 0.29) is 16.7 Å². The number of nitrogens with zero attached hydrogens (tertiary/aromatic N) is 1. The smallest absolute Gasteiger partial charge is 0.326 e. The number of benzene rings is 4. The van der Waals surface area contributed by atoms with Gasteiger partial charge in [-0.25, -0.2) is 13.2 Å². The lowest BCUT2D eigenvalue weighted by molar-refractivity contribution is -0.139. The van der Waals surface area contributed by atoms with Gasteiger partial charge in [-0.2, -0.15) is 0 Å². The third-order valence-corrected chi connectivity index (χ3v) is 8.91. The second-order valence-electron chi connectivity index (χ2n) is 11.8. The third kappa shape index (κ3) is 7.18. The standard InChI is InChI=1S/C35H35N3O5S/c1-35(2,3)28-13-16-30(17-14-28)44(42,43)37-29-15-18-32-27(22-29)19-20-38(32)23-25-9-11-26(12-10-25)33(39)36-31(34(40)41)21-24-7-5-4-6-8-24/h4-20,22,31,37H,21,23H2,1-3H3,(H,36,39)(H,40,41)/t31-/m0/s1. The van der Waals surface area contributed by atoms with Crippen molar-refractivity contribution < 1.29 is 23.1 Å². The SMILES string of the molecule is CC(C)(C)c1ccc(S(=O)(=O)Nc2ccc3c(ccn3Cc3ccc(C(=O)N[C@@H](Cc4ccccc4)C(=O)O)cc3)c2)cc1. The number of carbonyl (C=O) groups is 2. The first kappa shape index (κ1) is 30.6. The maximum absolute atomic E-state index is 13.0. The minimum absolute atomic E-state index is 0.0706. The zero-order valence-electron chi connectivity index (χ0n) is 24.8. The molecular weight excluding hydrogens is 574 g/mol. The second-order valence-corrected chi connectivity index (χ2v) is 13.5. The number of nitrogens with one attached hydrogen (secondary N) is 2. The molecule has 0 spiro atoms. The Morgan fingerprint density at radius 1 is 0.841 bits per heavy atom. The molecular formula is C35H35N3O5S. The number of rotatable bonds is 10. The number of carbonyl (C=O) groups excluding carboxylic acids is 1. The molecule has 0 radical (unpaired) electrons. The van der Waals surface area contributed by atoms with Crippen LogP contribution in [0.3, 0.4) is 0 Å². The van der Waals surface area contributed by atoms with Crippen LogP contribution in [0.4, 0.5) is 5.69 Å². The van der Waals surface area contributed by atoms with Crippen molar-refractivity contribution in [3.8, 4) is 0 Å². The van der Waals surface area contributed by atoms with E-state index in [1.165, 1.54) is 0 Å². The van der Waals surface area contributed by atoms with Crippen LogP contribution < -0.4 is 10.0 Å². The molecule has 8 nitrogen and oxygen atoms in total. The Bertz CT molecular complexity index is 1890. The number of anilines is 1. The van der Waals surface area contributed by atoms with Gasteiger partial charge in [0, 0.05) is 41.3 Å². The lowest BCUT2D eigenvalue weighted by atomic mass is 9.87. The molecule has 5 aromatic rings. The molecule has 5 rings (SSSR count). The molecule has 0 bridgehead atoms. The predicted molar refractivity (Wildman–Crippen MR) is 172 cm³/mol. The molecule has 9 heteroatoms. The molecule has 0 aliphatic rings. The van der Waals surface area contributed by atoms with E-state index in [1.54, 1.807) is 36.4 Å². The maximum atomic E-state index is 13.0. The fourth-order valence-corrected chi connectivity index (χ4v) is 6.05. The number of hydrogen-bond donors (Lipinski definition) is 3. The zero-order chi connectivity index (χ0) is 31.5. The van der Waals surface area contributed by atoms with Gasteiger partial charge >= 0.3 is 5.97 Å². The Balaban J connectivity index is 1.24. The van der Waals surface area contributed by atoms with Crippen LogP contribution in [0, 0.1) is 0 Å². The number of aliphatic carboxylic acids is 1. The maximum Gasteiger partial charge on any atom is 0.326 e. The number of carboxylic acid groups (broad SMARTS) is 1. The van der Waals surface area contributed by atoms with Crippen molar-refractivity contribution in [1.29, 1.82) is 0 Å². The highest BCUT2D eigenvalue weighted by atomic mass is 32.2. The van der Waals surface area contributed by atoms with E-state index in [9.17, 15) is 23.1 Å². The summed E-state index contributed by atoms with van der Waals surface area (Å²) in [4.78, 5) is 24.8. The van der Waals surface area contributed by atoms with Crippen LogP contribution >= 0.6 is 0 Å². The van der Waals surface area contributed by atoms with Crippen LogP contribution in [0.5, 0.6) is 0 Å². The predicted octanol–water partition coefficient (Wildman–Crippen LogP) is 6.21. The first-order valence-electron chi connectivity index (χ1n) is 14.3. The van der Waals surface area contributed by atoms with Gasteiger partial charge in [-0.15, -0.1) is 0 Å². The molecule has 0 saturated heterocycles. The lowest BCUT2D eigenvalue weighted by Gasteiger charge is -2.19. The fraction of sp³-hybridized carbons (Fsp3) is 0.200. The molecule has 1 heterocycles. The fourth-order valence-electron chi connectivity index (χ4n) is 5.00. The minimum atomic E-state index is -3.75. The van der Waals surface area contributed by atoms with Crippen molar-refractivity contribution >= 4 is 38.5 Å². The van der Waals surface area contributed by atoms with Gasteiger partial charge < -0.3 is 15.0 Å². The number of aromatic nitrogens is 1. The van der Waals surface area contributed by atoms with Crippen molar-refractivity contribution in [2.24, 2.45) is 0 Å². The summed E-state index contributed by atoms with van der Waals surface area (Å²) in [6, 6.07) is 29.4. The van der Waals surface area contributed by atoms with Crippen molar-refractivity contribution in [2.75, 3.05) is 4.72 Å². The van der Waals surface area contributed by atoms with E-state index in [0.29, 0.717) is 17.8 Å². The summed E-state index contributed by atoms with van der Waals surface area (Å²) in [6.07, 6.45) is 2.12. The molecule has 0 unspecified atom stereocenters. The Labute approximate surface area is 257 Å². The van der Waals surface area contributed by atoms with Crippen molar-refractivity contribution in [3.63, 3.8) is 0 Å². The van der Waals surface area contributed by atoms with Gasteiger partial charge in [0.25, 0.3) is 15.9 Å². The molecule has 0 saturated carbocycles. The second kappa shape index (κ2) is 12.4. The van der Waals surface area contributed by atoms with Gasteiger partial charge in [0.2, 0.25) is 0 Å². The summed E-state index contributed by atoms with van der Waals surface area (Å²) in [5.41, 5.74) is 4.52. The van der Waals surface area contributed by atoms with Crippen LogP contribution in [0.15, 0.2) is 114 Å². The van der Waals surface area contributed by atoms with Gasteiger partial charge in [-0.05, 0) is 70.6 Å². The van der Waals surface area contributed by atoms with Gasteiger partial charge in [0.15, 0.2) is 0 Å². The Kier molecular flexibility index (Phi) is 8.60. The van der Waals surface area contributed by atoms with E-state index in [0.717, 1.165) is 27.6 Å². The monoisotopic (exact) mass is 609 g/mol. The summed E-state index contributed by atoms with van der Waals surface area (Å²) in [5, 5.41) is 13.1. The Morgan fingerprint density at radius 2 is 1.52 bits per heavy atom. The van der Waals surface area contributed by atoms with Crippen molar-refractivity contribution in [1.82, 2.24) is 9.88 Å². The number of carboxylic acids is 1. The number of sulfonamides is 1. The number of amides is 1. The van der Waals surface area contributed by atoms with E-state index >= 15 is 0 Å². The molecule has 0 fully saturated rings. The molecule has 1 atom stereocenters. The lowest BCUT2D eigenvalue weighted by Crippen LogP contribution is -2.42. The van der Waals surface area contributed by atoms with Crippen molar-refractivity contribution in [2.45, 2.75) is 50.1 Å².